The number of benzene rings is 1. The molecular weight excluding hydrogens is 313 g/mol. The Morgan fingerprint density at radius 1 is 1.32 bits per heavy atom. The Labute approximate surface area is 155 Å². The van der Waals surface area contributed by atoms with Crippen LogP contribution in [-0.2, 0) is 20.8 Å². The Morgan fingerprint density at radius 2 is 2.00 bits per heavy atom. The number of aliphatic carboxylic acids is 1. The minimum absolute atomic E-state index is 0. The fraction of sp³-hybridized carbons (Fsp3) is 0.400. The Hall–Kier alpha value is -0.820. The first-order valence-electron chi connectivity index (χ1n) is 6.77. The van der Waals surface area contributed by atoms with Crippen molar-refractivity contribution in [1.29, 1.82) is 0 Å². The number of hydrogen-bond acceptors (Lipinski definition) is 4. The average molecular weight is 331 g/mol. The van der Waals surface area contributed by atoms with Crippen molar-refractivity contribution >= 4 is 64.0 Å². The first-order valence-corrected chi connectivity index (χ1v) is 7.75. The second kappa shape index (κ2) is 8.72. The van der Waals surface area contributed by atoms with Crippen molar-refractivity contribution in [2.24, 2.45) is 0 Å². The zero-order valence-corrected chi connectivity index (χ0v) is 12.6. The third-order valence-corrected chi connectivity index (χ3v) is 4.24. The molecule has 0 aromatic heterocycles. The van der Waals surface area contributed by atoms with Gasteiger partial charge in [-0.2, -0.15) is 0 Å². The van der Waals surface area contributed by atoms with Crippen LogP contribution in [0.25, 0.3) is 0 Å². The van der Waals surface area contributed by atoms with E-state index in [-0.39, 0.29) is 47.0 Å². The van der Waals surface area contributed by atoms with Crippen molar-refractivity contribution in [2.75, 3.05) is 10.7 Å². The number of rotatable bonds is 4. The average Bonchev–Trinajstić information content (AvgIpc) is 2.45. The van der Waals surface area contributed by atoms with Crippen molar-refractivity contribution in [2.45, 2.75) is 32.2 Å². The third kappa shape index (κ3) is 4.59. The van der Waals surface area contributed by atoms with Crippen LogP contribution in [0.1, 0.15) is 25.3 Å². The van der Waals surface area contributed by atoms with Crippen molar-refractivity contribution in [3.63, 3.8) is 0 Å². The second-order valence-electron chi connectivity index (χ2n) is 4.88. The van der Waals surface area contributed by atoms with Gasteiger partial charge in [0.2, 0.25) is 5.91 Å². The first kappa shape index (κ1) is 19.2. The molecule has 0 bridgehead atoms. The van der Waals surface area contributed by atoms with Crippen molar-refractivity contribution in [3.05, 3.63) is 29.8 Å². The Morgan fingerprint density at radius 3 is 2.64 bits per heavy atom. The molecule has 1 aliphatic rings. The van der Waals surface area contributed by atoms with Gasteiger partial charge in [-0.1, -0.05) is 30.0 Å². The molecule has 114 valence electrons. The standard InChI is InChI=1S/C15H17NO4S.Na.H/c1-10(17)21-9-8-14(18)16-12-5-3-2-4-11(12)6-7-13(16)15(19)20;;/h2-5,13H,6-9H2,1H3,(H,19,20);;/t13-;;/m0../s1. The monoisotopic (exact) mass is 331 g/mol. The maximum atomic E-state index is 12.4. The molecule has 1 aromatic rings. The molecule has 1 heterocycles. The first-order chi connectivity index (χ1) is 10.0. The number of carboxylic acid groups (broad SMARTS) is 1. The Kier molecular flexibility index (Phi) is 7.62. The molecule has 0 unspecified atom stereocenters. The van der Waals surface area contributed by atoms with Crippen LogP contribution in [0.3, 0.4) is 0 Å². The predicted molar refractivity (Wildman–Crippen MR) is 88.6 cm³/mol. The van der Waals surface area contributed by atoms with Crippen LogP contribution in [0.4, 0.5) is 5.69 Å². The van der Waals surface area contributed by atoms with Crippen LogP contribution in [0.15, 0.2) is 24.3 Å². The molecule has 7 heteroatoms. The fourth-order valence-electron chi connectivity index (χ4n) is 2.49. The summed E-state index contributed by atoms with van der Waals surface area (Å²) in [5, 5.41) is 9.30. The molecule has 5 nitrogen and oxygen atoms in total. The number of para-hydroxylation sites is 1. The summed E-state index contributed by atoms with van der Waals surface area (Å²) < 4.78 is 0. The van der Waals surface area contributed by atoms with Gasteiger partial charge in [0, 0.05) is 24.8 Å². The van der Waals surface area contributed by atoms with Gasteiger partial charge < -0.3 is 5.11 Å². The van der Waals surface area contributed by atoms with E-state index in [1.165, 1.54) is 11.8 Å². The third-order valence-electron chi connectivity index (χ3n) is 3.42. The van der Waals surface area contributed by atoms with Gasteiger partial charge in [0.25, 0.3) is 0 Å². The molecule has 1 amide bonds. The Bertz CT molecular complexity index is 578. The molecule has 1 N–H and O–H groups in total. The number of amides is 1. The summed E-state index contributed by atoms with van der Waals surface area (Å²) in [6.45, 7) is 1.45. The maximum absolute atomic E-state index is 12.4. The molecule has 0 fully saturated rings. The van der Waals surface area contributed by atoms with E-state index in [2.05, 4.69) is 0 Å². The van der Waals surface area contributed by atoms with Gasteiger partial charge in [-0.3, -0.25) is 14.5 Å². The molecule has 1 aromatic carbocycles. The van der Waals surface area contributed by atoms with Crippen LogP contribution >= 0.6 is 11.8 Å². The number of fused-ring (bicyclic) bond motifs is 1. The Balaban J connectivity index is 0.00000242. The molecule has 0 saturated carbocycles. The molecule has 1 aliphatic heterocycles. The van der Waals surface area contributed by atoms with Crippen LogP contribution in [0.5, 0.6) is 0 Å². The molecule has 0 aliphatic carbocycles. The quantitative estimate of drug-likeness (QED) is 0.845. The summed E-state index contributed by atoms with van der Waals surface area (Å²) in [5.74, 6) is -0.862. The number of nitrogens with zero attached hydrogens (tertiary/aromatic N) is 1. The number of carbonyl (C=O) groups excluding carboxylic acids is 2. The van der Waals surface area contributed by atoms with E-state index in [1.54, 1.807) is 12.1 Å². The molecule has 2 rings (SSSR count). The zero-order chi connectivity index (χ0) is 15.4. The number of hydrogen-bond donors (Lipinski definition) is 1. The topological polar surface area (TPSA) is 74.7 Å². The molecule has 0 spiro atoms. The number of anilines is 1. The van der Waals surface area contributed by atoms with Gasteiger partial charge in [0.15, 0.2) is 5.12 Å². The molecule has 0 saturated heterocycles. The predicted octanol–water partition coefficient (Wildman–Crippen LogP) is 1.44. The van der Waals surface area contributed by atoms with Crippen molar-refractivity contribution in [1.82, 2.24) is 0 Å². The van der Waals surface area contributed by atoms with Gasteiger partial charge in [-0.15, -0.1) is 0 Å². The van der Waals surface area contributed by atoms with Crippen LogP contribution in [-0.4, -0.2) is 63.5 Å². The van der Waals surface area contributed by atoms with Gasteiger partial charge in [-0.25, -0.2) is 4.79 Å². The van der Waals surface area contributed by atoms with Crippen molar-refractivity contribution in [3.8, 4) is 0 Å². The van der Waals surface area contributed by atoms with E-state index in [4.69, 9.17) is 0 Å². The normalized spacial score (nSPS) is 16.4. The second-order valence-corrected chi connectivity index (χ2v) is 6.15. The van der Waals surface area contributed by atoms with E-state index in [1.807, 2.05) is 12.1 Å². The van der Waals surface area contributed by atoms with E-state index in [0.29, 0.717) is 24.3 Å². The minimum atomic E-state index is -0.989. The van der Waals surface area contributed by atoms with Crippen LogP contribution < -0.4 is 4.90 Å². The summed E-state index contributed by atoms with van der Waals surface area (Å²) in [6, 6.07) is 6.55. The van der Waals surface area contributed by atoms with Crippen LogP contribution in [0, 0.1) is 0 Å². The summed E-state index contributed by atoms with van der Waals surface area (Å²) >= 11 is 1.08. The van der Waals surface area contributed by atoms with Gasteiger partial charge in [0.1, 0.15) is 6.04 Å². The van der Waals surface area contributed by atoms with Gasteiger partial charge in [-0.05, 0) is 24.5 Å². The van der Waals surface area contributed by atoms with E-state index in [0.717, 1.165) is 17.3 Å². The van der Waals surface area contributed by atoms with E-state index >= 15 is 0 Å². The van der Waals surface area contributed by atoms with E-state index in [9.17, 15) is 19.5 Å². The number of thioether (sulfide) groups is 1. The number of carbonyl (C=O) groups is 3. The molecule has 22 heavy (non-hydrogen) atoms. The number of aryl methyl sites for hydroxylation is 1. The summed E-state index contributed by atoms with van der Waals surface area (Å²) in [4.78, 5) is 36.1. The summed E-state index contributed by atoms with van der Waals surface area (Å²) in [6.07, 6.45) is 1.22. The molecular formula is C15H18NNaO4S. The van der Waals surface area contributed by atoms with Crippen LogP contribution in [0.2, 0.25) is 0 Å². The molecule has 0 radical (unpaired) electrons. The fourth-order valence-corrected chi connectivity index (χ4v) is 3.06. The van der Waals surface area contributed by atoms with Gasteiger partial charge in [0.05, 0.1) is 0 Å². The SMILES string of the molecule is CC(=O)SCCC(=O)N1c2ccccc2CC[C@H]1C(=O)O.[NaH]. The summed E-state index contributed by atoms with van der Waals surface area (Å²) in [5.41, 5.74) is 1.66. The molecule has 1 atom stereocenters. The summed E-state index contributed by atoms with van der Waals surface area (Å²) in [7, 11) is 0. The van der Waals surface area contributed by atoms with Crippen molar-refractivity contribution < 1.29 is 19.5 Å². The zero-order valence-electron chi connectivity index (χ0n) is 11.7. The van der Waals surface area contributed by atoms with Gasteiger partial charge >= 0.3 is 35.5 Å². The van der Waals surface area contributed by atoms with E-state index < -0.39 is 12.0 Å². The number of carboxylic acids is 1.